The molecule has 1 aromatic rings. The highest BCUT2D eigenvalue weighted by Crippen LogP contribution is 2.29. The quantitative estimate of drug-likeness (QED) is 0.446. The van der Waals surface area contributed by atoms with Gasteiger partial charge in [0.2, 0.25) is 0 Å². The number of halogens is 1. The lowest BCUT2D eigenvalue weighted by molar-refractivity contribution is 0.321. The van der Waals surface area contributed by atoms with Crippen LogP contribution < -0.4 is 10.6 Å². The van der Waals surface area contributed by atoms with Crippen LogP contribution in [-0.2, 0) is 13.6 Å². The second-order valence-corrected chi connectivity index (χ2v) is 5.74. The zero-order valence-electron chi connectivity index (χ0n) is 12.7. The van der Waals surface area contributed by atoms with Crippen molar-refractivity contribution >= 4 is 29.9 Å². The first kappa shape index (κ1) is 16.5. The zero-order valence-corrected chi connectivity index (χ0v) is 15.1. The first-order chi connectivity index (χ1) is 9.76. The molecule has 2 fully saturated rings. The lowest BCUT2D eigenvalue weighted by atomic mass is 10.3. The average Bonchev–Trinajstić information content (AvgIpc) is 3.07. The first-order valence-electron chi connectivity index (χ1n) is 7.43. The molecule has 0 spiro atoms. The van der Waals surface area contributed by atoms with Crippen LogP contribution in [0.15, 0.2) is 17.4 Å². The lowest BCUT2D eigenvalue weighted by Crippen LogP contribution is -2.44. The first-order valence-corrected chi connectivity index (χ1v) is 7.43. The number of likely N-dealkylation sites (tertiary alicyclic amines) is 1. The second kappa shape index (κ2) is 7.44. The fourth-order valence-electron chi connectivity index (χ4n) is 2.79. The minimum Gasteiger partial charge on any atom is -0.352 e. The Labute approximate surface area is 143 Å². The molecule has 21 heavy (non-hydrogen) atoms. The van der Waals surface area contributed by atoms with Crippen molar-refractivity contribution in [3.8, 4) is 0 Å². The van der Waals surface area contributed by atoms with Gasteiger partial charge < -0.3 is 15.2 Å². The molecule has 7 heteroatoms. The summed E-state index contributed by atoms with van der Waals surface area (Å²) in [6.45, 7) is 3.06. The van der Waals surface area contributed by atoms with E-state index in [1.165, 1.54) is 25.8 Å². The van der Waals surface area contributed by atoms with E-state index in [0.717, 1.165) is 24.4 Å². The van der Waals surface area contributed by atoms with Gasteiger partial charge in [0.25, 0.3) is 0 Å². The van der Waals surface area contributed by atoms with Gasteiger partial charge >= 0.3 is 0 Å². The summed E-state index contributed by atoms with van der Waals surface area (Å²) >= 11 is 0. The Morgan fingerprint density at radius 1 is 1.43 bits per heavy atom. The van der Waals surface area contributed by atoms with Gasteiger partial charge in [0.05, 0.1) is 6.54 Å². The number of hydrogen-bond donors (Lipinski definition) is 2. The molecule has 3 rings (SSSR count). The number of hydrogen-bond acceptors (Lipinski definition) is 3. The minimum atomic E-state index is 0. The smallest absolute Gasteiger partial charge is 0.191 e. The molecule has 118 valence electrons. The number of aliphatic imine (C=N–C) groups is 1. The number of nitrogens with zero attached hydrogens (tertiary/aromatic N) is 4. The third-order valence-corrected chi connectivity index (χ3v) is 4.18. The largest absolute Gasteiger partial charge is 0.352 e. The highest BCUT2D eigenvalue weighted by molar-refractivity contribution is 14.0. The number of guanidine groups is 1. The topological polar surface area (TPSA) is 57.5 Å². The van der Waals surface area contributed by atoms with Crippen molar-refractivity contribution in [2.45, 2.75) is 37.9 Å². The van der Waals surface area contributed by atoms with E-state index >= 15 is 0 Å². The van der Waals surface area contributed by atoms with Crippen LogP contribution in [0.4, 0.5) is 0 Å². The van der Waals surface area contributed by atoms with Crippen LogP contribution in [0.25, 0.3) is 0 Å². The maximum absolute atomic E-state index is 4.31. The molecule has 1 atom stereocenters. The molecule has 0 aromatic carbocycles. The van der Waals surface area contributed by atoms with Crippen molar-refractivity contribution in [1.29, 1.82) is 0 Å². The molecule has 0 bridgehead atoms. The van der Waals surface area contributed by atoms with Crippen LogP contribution in [0.3, 0.4) is 0 Å². The molecule has 6 nitrogen and oxygen atoms in total. The summed E-state index contributed by atoms with van der Waals surface area (Å²) in [6.07, 6.45) is 7.76. The number of aromatic nitrogens is 2. The number of rotatable bonds is 4. The summed E-state index contributed by atoms with van der Waals surface area (Å²) in [7, 11) is 3.83. The van der Waals surface area contributed by atoms with E-state index in [2.05, 4.69) is 25.5 Å². The van der Waals surface area contributed by atoms with Crippen molar-refractivity contribution in [3.05, 3.63) is 18.2 Å². The normalized spacial score (nSPS) is 23.0. The monoisotopic (exact) mass is 404 g/mol. The van der Waals surface area contributed by atoms with Crippen LogP contribution in [0, 0.1) is 0 Å². The second-order valence-electron chi connectivity index (χ2n) is 5.74. The van der Waals surface area contributed by atoms with E-state index in [4.69, 9.17) is 0 Å². The molecule has 2 heterocycles. The summed E-state index contributed by atoms with van der Waals surface area (Å²) in [6, 6.07) is 1.38. The van der Waals surface area contributed by atoms with Gasteiger partial charge in [-0.25, -0.2) is 4.98 Å². The maximum Gasteiger partial charge on any atom is 0.191 e. The van der Waals surface area contributed by atoms with Crippen molar-refractivity contribution in [1.82, 2.24) is 25.1 Å². The third-order valence-electron chi connectivity index (χ3n) is 4.18. The van der Waals surface area contributed by atoms with Crippen molar-refractivity contribution in [3.63, 3.8) is 0 Å². The van der Waals surface area contributed by atoms with E-state index in [-0.39, 0.29) is 24.0 Å². The van der Waals surface area contributed by atoms with Crippen molar-refractivity contribution < 1.29 is 0 Å². The Morgan fingerprint density at radius 3 is 2.86 bits per heavy atom. The number of aryl methyl sites for hydroxylation is 1. The molecule has 1 aliphatic heterocycles. The summed E-state index contributed by atoms with van der Waals surface area (Å²) < 4.78 is 2.02. The molecular formula is C14H25IN6. The Bertz CT molecular complexity index is 482. The van der Waals surface area contributed by atoms with E-state index in [1.807, 2.05) is 31.1 Å². The fourth-order valence-corrected chi connectivity index (χ4v) is 2.79. The molecule has 1 aliphatic carbocycles. The van der Waals surface area contributed by atoms with Crippen LogP contribution in [0.2, 0.25) is 0 Å². The predicted octanol–water partition coefficient (Wildman–Crippen LogP) is 0.940. The van der Waals surface area contributed by atoms with Crippen molar-refractivity contribution in [2.24, 2.45) is 12.0 Å². The maximum atomic E-state index is 4.31. The summed E-state index contributed by atoms with van der Waals surface area (Å²) in [5, 5.41) is 6.86. The third kappa shape index (κ3) is 4.32. The Kier molecular flexibility index (Phi) is 5.86. The van der Waals surface area contributed by atoms with Gasteiger partial charge in [-0.1, -0.05) is 0 Å². The van der Waals surface area contributed by atoms with Gasteiger partial charge in [0.1, 0.15) is 5.82 Å². The molecule has 2 aliphatic rings. The molecular weight excluding hydrogens is 379 g/mol. The Morgan fingerprint density at radius 2 is 2.24 bits per heavy atom. The van der Waals surface area contributed by atoms with E-state index < -0.39 is 0 Å². The van der Waals surface area contributed by atoms with E-state index in [1.54, 1.807) is 0 Å². The van der Waals surface area contributed by atoms with Crippen LogP contribution in [0.1, 0.15) is 25.1 Å². The van der Waals surface area contributed by atoms with E-state index in [0.29, 0.717) is 12.6 Å². The lowest BCUT2D eigenvalue weighted by Gasteiger charge is -2.18. The van der Waals surface area contributed by atoms with Crippen LogP contribution >= 0.6 is 24.0 Å². The highest BCUT2D eigenvalue weighted by Gasteiger charge is 2.34. The Balaban J connectivity index is 0.00000161. The standard InChI is InChI=1S/C14H24N6.HI/c1-15-14(17-9-13-16-6-8-19(13)2)18-11-5-7-20(10-11)12-3-4-12;/h6,8,11-12H,3-5,7,9-10H2,1-2H3,(H2,15,17,18);1H. The zero-order chi connectivity index (χ0) is 13.9. The van der Waals surface area contributed by atoms with Gasteiger partial charge in [0, 0.05) is 51.7 Å². The minimum absolute atomic E-state index is 0. The summed E-state index contributed by atoms with van der Waals surface area (Å²) in [4.78, 5) is 11.2. The fraction of sp³-hybridized carbons (Fsp3) is 0.714. The van der Waals surface area contributed by atoms with Gasteiger partial charge in [-0.05, 0) is 19.3 Å². The molecule has 0 radical (unpaired) electrons. The molecule has 1 saturated heterocycles. The van der Waals surface area contributed by atoms with Gasteiger partial charge in [-0.2, -0.15) is 0 Å². The predicted molar refractivity (Wildman–Crippen MR) is 95.0 cm³/mol. The van der Waals surface area contributed by atoms with Gasteiger partial charge in [-0.3, -0.25) is 9.89 Å². The van der Waals surface area contributed by atoms with Gasteiger partial charge in [0.15, 0.2) is 5.96 Å². The number of imidazole rings is 1. The molecule has 1 unspecified atom stereocenters. The van der Waals surface area contributed by atoms with Crippen molar-refractivity contribution in [2.75, 3.05) is 20.1 Å². The Hall–Kier alpha value is -0.830. The summed E-state index contributed by atoms with van der Waals surface area (Å²) in [5.74, 6) is 1.88. The van der Waals surface area contributed by atoms with Gasteiger partial charge in [-0.15, -0.1) is 24.0 Å². The number of nitrogens with one attached hydrogen (secondary N) is 2. The molecule has 2 N–H and O–H groups in total. The van der Waals surface area contributed by atoms with E-state index in [9.17, 15) is 0 Å². The summed E-state index contributed by atoms with van der Waals surface area (Å²) in [5.41, 5.74) is 0. The molecule has 1 aromatic heterocycles. The van der Waals surface area contributed by atoms with Crippen LogP contribution in [-0.4, -0.2) is 52.6 Å². The molecule has 1 saturated carbocycles. The SMILES string of the molecule is CN=C(NCc1nccn1C)NC1CCN(C2CC2)C1.I. The molecule has 0 amide bonds. The average molecular weight is 404 g/mol. The highest BCUT2D eigenvalue weighted by atomic mass is 127. The van der Waals surface area contributed by atoms with Crippen LogP contribution in [0.5, 0.6) is 0 Å².